The summed E-state index contributed by atoms with van der Waals surface area (Å²) in [4.78, 5) is 16.4. The number of rotatable bonds is 6. The molecule has 3 N–H and O–H groups in total. The van der Waals surface area contributed by atoms with Crippen LogP contribution in [0, 0.1) is 5.82 Å². The highest BCUT2D eigenvalue weighted by Gasteiger charge is 2.18. The predicted molar refractivity (Wildman–Crippen MR) is 117 cm³/mol. The molecule has 0 spiro atoms. The number of nitrogens with zero attached hydrogens (tertiary/aromatic N) is 1. The maximum absolute atomic E-state index is 14.4. The number of carboxylic acid groups (broad SMARTS) is 1. The van der Waals surface area contributed by atoms with Crippen molar-refractivity contribution in [3.63, 3.8) is 0 Å². The monoisotopic (exact) mass is 436 g/mol. The summed E-state index contributed by atoms with van der Waals surface area (Å²) < 4.78 is 19.4. The molecule has 0 radical (unpaired) electrons. The number of anilines is 1. The topological polar surface area (TPSA) is 91.7 Å². The van der Waals surface area contributed by atoms with E-state index in [0.29, 0.717) is 44.4 Å². The van der Waals surface area contributed by atoms with Crippen molar-refractivity contribution >= 4 is 23.0 Å². The second-order valence-electron chi connectivity index (χ2n) is 6.61. The van der Waals surface area contributed by atoms with Crippen LogP contribution in [0.3, 0.4) is 0 Å². The van der Waals surface area contributed by atoms with Crippen LogP contribution >= 0.6 is 11.3 Å². The van der Waals surface area contributed by atoms with Gasteiger partial charge in [0.2, 0.25) is 0 Å². The van der Waals surface area contributed by atoms with Gasteiger partial charge in [-0.15, -0.1) is 11.3 Å². The molecule has 0 unspecified atom stereocenters. The molecule has 31 heavy (non-hydrogen) atoms. The third kappa shape index (κ3) is 3.98. The molecule has 0 aliphatic heterocycles. The Morgan fingerprint density at radius 3 is 2.55 bits per heavy atom. The SMILES string of the molecule is COc1ccc(-c2csc(-c3ccc(-c4ccccc4NO)c(C(=O)O)c3)n2)c(F)c1. The van der Waals surface area contributed by atoms with Gasteiger partial charge in [0.1, 0.15) is 16.6 Å². The van der Waals surface area contributed by atoms with Gasteiger partial charge in [-0.05, 0) is 29.8 Å². The van der Waals surface area contributed by atoms with E-state index >= 15 is 0 Å². The van der Waals surface area contributed by atoms with E-state index in [2.05, 4.69) is 10.5 Å². The molecule has 0 saturated carbocycles. The normalized spacial score (nSPS) is 10.7. The first-order valence-corrected chi connectivity index (χ1v) is 10.1. The van der Waals surface area contributed by atoms with Crippen molar-refractivity contribution in [1.82, 2.24) is 4.98 Å². The first-order valence-electron chi connectivity index (χ1n) is 9.18. The molecular weight excluding hydrogens is 419 g/mol. The molecular formula is C23H17FN2O4S. The molecule has 1 aromatic heterocycles. The Kier molecular flexibility index (Phi) is 5.66. The number of methoxy groups -OCH3 is 1. The van der Waals surface area contributed by atoms with E-state index in [1.807, 2.05) is 0 Å². The van der Waals surface area contributed by atoms with Crippen LogP contribution < -0.4 is 10.2 Å². The van der Waals surface area contributed by atoms with Gasteiger partial charge in [-0.25, -0.2) is 14.2 Å². The number of benzene rings is 3. The van der Waals surface area contributed by atoms with Crippen LogP contribution in [-0.4, -0.2) is 28.4 Å². The fourth-order valence-electron chi connectivity index (χ4n) is 3.27. The van der Waals surface area contributed by atoms with Gasteiger partial charge in [0.25, 0.3) is 0 Å². The summed E-state index contributed by atoms with van der Waals surface area (Å²) in [7, 11) is 1.47. The Morgan fingerprint density at radius 2 is 1.84 bits per heavy atom. The third-order valence-corrected chi connectivity index (χ3v) is 5.68. The molecule has 0 bridgehead atoms. The number of carboxylic acids is 1. The Hall–Kier alpha value is -3.75. The average Bonchev–Trinajstić information content (AvgIpc) is 3.28. The van der Waals surface area contributed by atoms with E-state index in [-0.39, 0.29) is 5.56 Å². The molecule has 0 aliphatic rings. The lowest BCUT2D eigenvalue weighted by molar-refractivity contribution is 0.0697. The van der Waals surface area contributed by atoms with E-state index in [1.54, 1.807) is 53.9 Å². The Labute approximate surface area is 181 Å². The molecule has 6 nitrogen and oxygen atoms in total. The van der Waals surface area contributed by atoms with Gasteiger partial charge < -0.3 is 9.84 Å². The number of hydrogen-bond acceptors (Lipinski definition) is 6. The van der Waals surface area contributed by atoms with Gasteiger partial charge in [0.15, 0.2) is 0 Å². The van der Waals surface area contributed by atoms with Crippen molar-refractivity contribution in [2.24, 2.45) is 0 Å². The van der Waals surface area contributed by atoms with Gasteiger partial charge in [0.05, 0.1) is 24.1 Å². The molecule has 0 amide bonds. The molecule has 8 heteroatoms. The zero-order valence-corrected chi connectivity index (χ0v) is 17.1. The van der Waals surface area contributed by atoms with Crippen LogP contribution in [0.4, 0.5) is 10.1 Å². The van der Waals surface area contributed by atoms with E-state index in [9.17, 15) is 19.5 Å². The van der Waals surface area contributed by atoms with Crippen molar-refractivity contribution < 1.29 is 24.2 Å². The number of ether oxygens (including phenoxy) is 1. The fourth-order valence-corrected chi connectivity index (χ4v) is 4.08. The summed E-state index contributed by atoms with van der Waals surface area (Å²) in [5.41, 5.74) is 4.94. The molecule has 4 rings (SSSR count). The van der Waals surface area contributed by atoms with Crippen molar-refractivity contribution in [1.29, 1.82) is 0 Å². The van der Waals surface area contributed by atoms with Crippen molar-refractivity contribution in [3.8, 4) is 38.7 Å². The lowest BCUT2D eigenvalue weighted by Crippen LogP contribution is -2.02. The maximum Gasteiger partial charge on any atom is 0.336 e. The summed E-state index contributed by atoms with van der Waals surface area (Å²) in [5, 5.41) is 21.4. The van der Waals surface area contributed by atoms with Gasteiger partial charge in [-0.1, -0.05) is 30.3 Å². The Morgan fingerprint density at radius 1 is 1.06 bits per heavy atom. The molecule has 0 fully saturated rings. The largest absolute Gasteiger partial charge is 0.497 e. The van der Waals surface area contributed by atoms with Crippen LogP contribution in [0.5, 0.6) is 5.75 Å². The summed E-state index contributed by atoms with van der Waals surface area (Å²) >= 11 is 1.29. The lowest BCUT2D eigenvalue weighted by Gasteiger charge is -2.12. The molecule has 156 valence electrons. The second kappa shape index (κ2) is 8.55. The molecule has 1 heterocycles. The number of carbonyl (C=O) groups is 1. The Balaban J connectivity index is 1.75. The maximum atomic E-state index is 14.4. The molecule has 0 atom stereocenters. The summed E-state index contributed by atoms with van der Waals surface area (Å²) in [6, 6.07) is 16.3. The summed E-state index contributed by atoms with van der Waals surface area (Å²) in [6.07, 6.45) is 0. The highest BCUT2D eigenvalue weighted by Crippen LogP contribution is 2.36. The van der Waals surface area contributed by atoms with Crippen molar-refractivity contribution in [2.45, 2.75) is 0 Å². The van der Waals surface area contributed by atoms with Gasteiger partial charge in [0, 0.05) is 28.1 Å². The molecule has 0 aliphatic carbocycles. The van der Waals surface area contributed by atoms with Gasteiger partial charge >= 0.3 is 5.97 Å². The van der Waals surface area contributed by atoms with Gasteiger partial charge in [-0.2, -0.15) is 0 Å². The van der Waals surface area contributed by atoms with Crippen LogP contribution in [-0.2, 0) is 0 Å². The van der Waals surface area contributed by atoms with Crippen LogP contribution in [0.15, 0.2) is 66.0 Å². The van der Waals surface area contributed by atoms with Crippen molar-refractivity contribution in [2.75, 3.05) is 12.6 Å². The van der Waals surface area contributed by atoms with Crippen LogP contribution in [0.2, 0.25) is 0 Å². The van der Waals surface area contributed by atoms with E-state index < -0.39 is 11.8 Å². The Bertz CT molecular complexity index is 1270. The number of halogens is 1. The minimum atomic E-state index is -1.11. The quantitative estimate of drug-likeness (QED) is 0.331. The number of aromatic nitrogens is 1. The van der Waals surface area contributed by atoms with Crippen molar-refractivity contribution in [3.05, 3.63) is 77.4 Å². The number of nitrogens with one attached hydrogen (secondary N) is 1. The standard InChI is InChI=1S/C23H17FN2O4S/c1-30-14-7-9-17(19(24)11-14)21-12-31-22(25-21)13-6-8-15(18(10-13)23(27)28)16-4-2-3-5-20(16)26-29/h2-12,26,29H,1H3,(H,27,28). The second-order valence-corrected chi connectivity index (χ2v) is 7.46. The number of para-hydroxylation sites is 1. The van der Waals surface area contributed by atoms with E-state index in [4.69, 9.17) is 4.74 Å². The minimum absolute atomic E-state index is 0.0626. The third-order valence-electron chi connectivity index (χ3n) is 4.79. The first-order chi connectivity index (χ1) is 15.0. The highest BCUT2D eigenvalue weighted by molar-refractivity contribution is 7.13. The zero-order valence-electron chi connectivity index (χ0n) is 16.3. The average molecular weight is 436 g/mol. The van der Waals surface area contributed by atoms with Crippen LogP contribution in [0.25, 0.3) is 33.0 Å². The summed E-state index contributed by atoms with van der Waals surface area (Å²) in [6.45, 7) is 0. The van der Waals surface area contributed by atoms with Crippen LogP contribution in [0.1, 0.15) is 10.4 Å². The lowest BCUT2D eigenvalue weighted by atomic mass is 9.96. The number of aromatic carboxylic acids is 1. The first kappa shape index (κ1) is 20.5. The van der Waals surface area contributed by atoms with Gasteiger partial charge in [-0.3, -0.25) is 10.7 Å². The zero-order chi connectivity index (χ0) is 22.0. The highest BCUT2D eigenvalue weighted by atomic mass is 32.1. The molecule has 3 aromatic carbocycles. The number of thiazole rings is 1. The molecule has 4 aromatic rings. The molecule has 0 saturated heterocycles. The number of hydrogen-bond donors (Lipinski definition) is 3. The van der Waals surface area contributed by atoms with E-state index in [1.165, 1.54) is 30.6 Å². The predicted octanol–water partition coefficient (Wildman–Crippen LogP) is 5.79. The smallest absolute Gasteiger partial charge is 0.336 e. The summed E-state index contributed by atoms with van der Waals surface area (Å²) in [5.74, 6) is -1.15. The minimum Gasteiger partial charge on any atom is -0.497 e. The van der Waals surface area contributed by atoms with E-state index in [0.717, 1.165) is 0 Å². The fraction of sp³-hybridized carbons (Fsp3) is 0.0435.